The molecule has 0 heterocycles. The number of carbonyl (C=O) groups excluding carboxylic acids is 1. The van der Waals surface area contributed by atoms with Crippen LogP contribution in [0.1, 0.15) is 6.42 Å². The van der Waals surface area contributed by atoms with Gasteiger partial charge in [-0.2, -0.15) is 0 Å². The minimum absolute atomic E-state index is 0.149. The number of anilines is 1. The molecule has 0 saturated carbocycles. The zero-order chi connectivity index (χ0) is 12.1. The van der Waals surface area contributed by atoms with Gasteiger partial charge in [-0.25, -0.2) is 0 Å². The number of nitrogens with two attached hydrogens (primary N) is 1. The number of carbonyl (C=O) groups is 1. The first-order valence-electron chi connectivity index (χ1n) is 4.48. The fourth-order valence-corrected chi connectivity index (χ4v) is 1.34. The molecule has 0 amide bonds. The molecule has 0 saturated heterocycles. The maximum absolute atomic E-state index is 10.8. The van der Waals surface area contributed by atoms with Crippen molar-refractivity contribution in [1.82, 2.24) is 0 Å². The minimum Gasteiger partial charge on any atom is -0.491 e. The fraction of sp³-hybridized carbons (Fsp3) is 0.300. The van der Waals surface area contributed by atoms with Gasteiger partial charge in [0.1, 0.15) is 5.75 Å². The molecule has 0 radical (unpaired) electrons. The first kappa shape index (κ1) is 12.9. The number of nitrogen functional groups attached to an aromatic ring is 1. The molecule has 0 aliphatic rings. The summed E-state index contributed by atoms with van der Waals surface area (Å²) in [4.78, 5) is 10.8. The second-order valence-electron chi connectivity index (χ2n) is 2.98. The highest BCUT2D eigenvalue weighted by molar-refractivity contribution is 6.42. The van der Waals surface area contributed by atoms with Gasteiger partial charge in [0.05, 0.1) is 35.9 Å². The van der Waals surface area contributed by atoms with Gasteiger partial charge in [0.15, 0.2) is 0 Å². The number of hydrogen-bond acceptors (Lipinski definition) is 4. The van der Waals surface area contributed by atoms with Crippen molar-refractivity contribution in [1.29, 1.82) is 0 Å². The van der Waals surface area contributed by atoms with E-state index < -0.39 is 0 Å². The monoisotopic (exact) mass is 263 g/mol. The van der Waals surface area contributed by atoms with Crippen LogP contribution in [0.25, 0.3) is 0 Å². The highest BCUT2D eigenvalue weighted by Gasteiger charge is 2.07. The van der Waals surface area contributed by atoms with Crippen molar-refractivity contribution >= 4 is 34.9 Å². The van der Waals surface area contributed by atoms with Crippen LogP contribution in [0.3, 0.4) is 0 Å². The maximum Gasteiger partial charge on any atom is 0.308 e. The van der Waals surface area contributed by atoms with E-state index >= 15 is 0 Å². The van der Waals surface area contributed by atoms with Crippen molar-refractivity contribution in [2.45, 2.75) is 6.42 Å². The van der Waals surface area contributed by atoms with Gasteiger partial charge in [-0.1, -0.05) is 23.2 Å². The van der Waals surface area contributed by atoms with Crippen molar-refractivity contribution in [3.63, 3.8) is 0 Å². The van der Waals surface area contributed by atoms with Crippen molar-refractivity contribution in [3.05, 3.63) is 22.2 Å². The van der Waals surface area contributed by atoms with Gasteiger partial charge in [-0.05, 0) is 6.07 Å². The number of methoxy groups -OCH3 is 1. The van der Waals surface area contributed by atoms with Gasteiger partial charge in [-0.15, -0.1) is 0 Å². The third-order valence-corrected chi connectivity index (χ3v) is 2.57. The van der Waals surface area contributed by atoms with Crippen molar-refractivity contribution < 1.29 is 14.3 Å². The summed E-state index contributed by atoms with van der Waals surface area (Å²) in [5.74, 6) is 0.0527. The second-order valence-corrected chi connectivity index (χ2v) is 3.79. The third-order valence-electron chi connectivity index (χ3n) is 1.84. The molecule has 0 bridgehead atoms. The Labute approximate surface area is 103 Å². The highest BCUT2D eigenvalue weighted by atomic mass is 35.5. The van der Waals surface area contributed by atoms with E-state index in [-0.39, 0.29) is 19.0 Å². The third kappa shape index (κ3) is 3.47. The van der Waals surface area contributed by atoms with E-state index in [1.54, 1.807) is 0 Å². The van der Waals surface area contributed by atoms with E-state index in [4.69, 9.17) is 33.7 Å². The quantitative estimate of drug-likeness (QED) is 0.670. The Bertz CT molecular complexity index is 396. The van der Waals surface area contributed by atoms with Crippen molar-refractivity contribution in [2.24, 2.45) is 0 Å². The Balaban J connectivity index is 2.60. The summed E-state index contributed by atoms with van der Waals surface area (Å²) >= 11 is 11.5. The largest absolute Gasteiger partial charge is 0.491 e. The summed E-state index contributed by atoms with van der Waals surface area (Å²) < 4.78 is 9.74. The maximum atomic E-state index is 10.8. The van der Waals surface area contributed by atoms with Gasteiger partial charge in [-0.3, -0.25) is 4.79 Å². The SMILES string of the molecule is COC(=O)CCOc1cc(Cl)c(Cl)cc1N. The molecule has 6 heteroatoms. The lowest BCUT2D eigenvalue weighted by Crippen LogP contribution is -2.08. The van der Waals surface area contributed by atoms with Crippen LogP contribution in [-0.4, -0.2) is 19.7 Å². The highest BCUT2D eigenvalue weighted by Crippen LogP contribution is 2.32. The molecule has 0 aromatic heterocycles. The number of hydrogen-bond donors (Lipinski definition) is 1. The minimum atomic E-state index is -0.348. The van der Waals surface area contributed by atoms with Crippen LogP contribution in [-0.2, 0) is 9.53 Å². The number of halogens is 2. The second kappa shape index (κ2) is 5.82. The Kier molecular flexibility index (Phi) is 4.71. The molecular weight excluding hydrogens is 253 g/mol. The van der Waals surface area contributed by atoms with Gasteiger partial charge < -0.3 is 15.2 Å². The topological polar surface area (TPSA) is 61.5 Å². The van der Waals surface area contributed by atoms with Crippen LogP contribution in [0.15, 0.2) is 12.1 Å². The summed E-state index contributed by atoms with van der Waals surface area (Å²) in [6.45, 7) is 0.175. The Morgan fingerprint density at radius 2 is 2.00 bits per heavy atom. The standard InChI is InChI=1S/C10H11Cl2NO3/c1-15-10(14)2-3-16-9-5-7(12)6(11)4-8(9)13/h4-5H,2-3,13H2,1H3. The van der Waals surface area contributed by atoms with Crippen LogP contribution in [0, 0.1) is 0 Å². The molecule has 2 N–H and O–H groups in total. The average molecular weight is 264 g/mol. The molecule has 88 valence electrons. The summed E-state index contributed by atoms with van der Waals surface area (Å²) in [6, 6.07) is 3.01. The predicted octanol–water partition coefficient (Wildman–Crippen LogP) is 2.52. The molecule has 4 nitrogen and oxygen atoms in total. The smallest absolute Gasteiger partial charge is 0.308 e. The Hall–Kier alpha value is -1.13. The summed E-state index contributed by atoms with van der Waals surface area (Å²) in [7, 11) is 1.32. The number of rotatable bonds is 4. The normalized spacial score (nSPS) is 9.94. The number of benzene rings is 1. The summed E-state index contributed by atoms with van der Waals surface area (Å²) in [6.07, 6.45) is 0.149. The van der Waals surface area contributed by atoms with Gasteiger partial charge in [0.25, 0.3) is 0 Å². The van der Waals surface area contributed by atoms with E-state index in [1.807, 2.05) is 0 Å². The number of esters is 1. The molecule has 1 rings (SSSR count). The van der Waals surface area contributed by atoms with Crippen LogP contribution in [0.5, 0.6) is 5.75 Å². The number of ether oxygens (including phenoxy) is 2. The lowest BCUT2D eigenvalue weighted by Gasteiger charge is -2.09. The Morgan fingerprint density at radius 3 is 2.62 bits per heavy atom. The van der Waals surface area contributed by atoms with Gasteiger partial charge in [0.2, 0.25) is 0 Å². The van der Waals surface area contributed by atoms with E-state index in [0.29, 0.717) is 21.5 Å². The average Bonchev–Trinajstić information content (AvgIpc) is 2.25. The van der Waals surface area contributed by atoms with Crippen LogP contribution >= 0.6 is 23.2 Å². The molecule has 0 aliphatic heterocycles. The Morgan fingerprint density at radius 1 is 1.38 bits per heavy atom. The molecular formula is C10H11Cl2NO3. The van der Waals surface area contributed by atoms with Gasteiger partial charge in [0, 0.05) is 6.07 Å². The lowest BCUT2D eigenvalue weighted by molar-refractivity contribution is -0.141. The molecule has 1 aromatic rings. The fourth-order valence-electron chi connectivity index (χ4n) is 1.02. The first-order chi connectivity index (χ1) is 7.54. The van der Waals surface area contributed by atoms with E-state index in [1.165, 1.54) is 19.2 Å². The van der Waals surface area contributed by atoms with Crippen molar-refractivity contribution in [3.8, 4) is 5.75 Å². The van der Waals surface area contributed by atoms with Crippen LogP contribution in [0.4, 0.5) is 5.69 Å². The van der Waals surface area contributed by atoms with Crippen LogP contribution < -0.4 is 10.5 Å². The zero-order valence-corrected chi connectivity index (χ0v) is 10.1. The van der Waals surface area contributed by atoms with E-state index in [9.17, 15) is 4.79 Å². The molecule has 0 aliphatic carbocycles. The van der Waals surface area contributed by atoms with Gasteiger partial charge >= 0.3 is 5.97 Å². The molecule has 16 heavy (non-hydrogen) atoms. The molecule has 0 unspecified atom stereocenters. The first-order valence-corrected chi connectivity index (χ1v) is 5.24. The van der Waals surface area contributed by atoms with E-state index in [2.05, 4.69) is 4.74 Å². The van der Waals surface area contributed by atoms with E-state index in [0.717, 1.165) is 0 Å². The van der Waals surface area contributed by atoms with Crippen molar-refractivity contribution in [2.75, 3.05) is 19.5 Å². The zero-order valence-electron chi connectivity index (χ0n) is 8.63. The molecule has 0 spiro atoms. The summed E-state index contributed by atoms with van der Waals surface area (Å²) in [5.41, 5.74) is 6.03. The predicted molar refractivity (Wildman–Crippen MR) is 63.0 cm³/mol. The molecule has 1 aromatic carbocycles. The van der Waals surface area contributed by atoms with Crippen LogP contribution in [0.2, 0.25) is 10.0 Å². The molecule has 0 atom stereocenters. The summed E-state index contributed by atoms with van der Waals surface area (Å²) in [5, 5.41) is 0.711. The molecule has 0 fully saturated rings. The lowest BCUT2D eigenvalue weighted by atomic mass is 10.3.